The molecule has 0 amide bonds. The van der Waals surface area contributed by atoms with Crippen LogP contribution in [-0.2, 0) is 17.1 Å². The summed E-state index contributed by atoms with van der Waals surface area (Å²) in [7, 11) is -1.87. The van der Waals surface area contributed by atoms with E-state index in [1.807, 2.05) is 0 Å². The Kier molecular flexibility index (Phi) is 3.48. The Labute approximate surface area is 100 Å². The summed E-state index contributed by atoms with van der Waals surface area (Å²) in [6.45, 7) is 0.393. The molecule has 2 rings (SSSR count). The Morgan fingerprint density at radius 3 is 2.59 bits per heavy atom. The van der Waals surface area contributed by atoms with Gasteiger partial charge in [0.1, 0.15) is 0 Å². The van der Waals surface area contributed by atoms with Crippen LogP contribution in [0.5, 0.6) is 0 Å². The molecule has 1 aliphatic rings. The first-order valence-electron chi connectivity index (χ1n) is 5.59. The van der Waals surface area contributed by atoms with Gasteiger partial charge in [0.15, 0.2) is 0 Å². The van der Waals surface area contributed by atoms with Crippen molar-refractivity contribution in [1.29, 1.82) is 0 Å². The number of rotatable bonds is 3. The second-order valence-corrected chi connectivity index (χ2v) is 6.15. The van der Waals surface area contributed by atoms with Crippen molar-refractivity contribution in [3.8, 4) is 0 Å². The fourth-order valence-corrected chi connectivity index (χ4v) is 3.56. The Balaban J connectivity index is 2.16. The highest BCUT2D eigenvalue weighted by Crippen LogP contribution is 2.22. The van der Waals surface area contributed by atoms with Gasteiger partial charge in [-0.25, -0.2) is 13.4 Å². The second kappa shape index (κ2) is 4.73. The Bertz CT molecular complexity index is 477. The number of halogens is 1. The number of hydrogen-bond acceptors (Lipinski definition) is 3. The van der Waals surface area contributed by atoms with E-state index in [0.717, 1.165) is 0 Å². The van der Waals surface area contributed by atoms with Gasteiger partial charge in [-0.1, -0.05) is 0 Å². The lowest BCUT2D eigenvalue weighted by molar-refractivity contribution is 0.232. The topological polar surface area (TPSA) is 55.2 Å². The quantitative estimate of drug-likeness (QED) is 0.808. The number of hydrogen-bond donors (Lipinski definition) is 0. The Hall–Kier alpha value is -0.950. The first kappa shape index (κ1) is 12.5. The second-order valence-electron chi connectivity index (χ2n) is 4.32. The average molecular weight is 261 g/mol. The van der Waals surface area contributed by atoms with Crippen LogP contribution in [0.3, 0.4) is 0 Å². The average Bonchev–Trinajstić information content (AvgIpc) is 2.76. The number of aromatic nitrogens is 2. The van der Waals surface area contributed by atoms with Gasteiger partial charge in [-0.15, -0.1) is 0 Å². The zero-order valence-corrected chi connectivity index (χ0v) is 10.5. The maximum absolute atomic E-state index is 12.5. The number of alkyl halides is 1. The lowest BCUT2D eigenvalue weighted by Crippen LogP contribution is -2.39. The molecule has 0 atom stereocenters. The van der Waals surface area contributed by atoms with Crippen LogP contribution in [0.2, 0.25) is 0 Å². The number of nitrogens with zero attached hydrogens (tertiary/aromatic N) is 3. The maximum atomic E-state index is 12.5. The zero-order valence-electron chi connectivity index (χ0n) is 9.71. The highest BCUT2D eigenvalue weighted by molar-refractivity contribution is 7.89. The molecule has 5 nitrogen and oxygen atoms in total. The van der Waals surface area contributed by atoms with E-state index in [4.69, 9.17) is 0 Å². The van der Waals surface area contributed by atoms with Crippen LogP contribution in [-0.4, -0.2) is 42.0 Å². The molecule has 0 N–H and O–H groups in total. The SMILES string of the molecule is Cn1ccnc1S(=O)(=O)N1CCC(CF)CC1. The van der Waals surface area contributed by atoms with E-state index in [2.05, 4.69) is 4.98 Å². The fourth-order valence-electron chi connectivity index (χ4n) is 2.02. The third-order valence-corrected chi connectivity index (χ3v) is 5.04. The van der Waals surface area contributed by atoms with Crippen LogP contribution in [0.25, 0.3) is 0 Å². The van der Waals surface area contributed by atoms with E-state index >= 15 is 0 Å². The smallest absolute Gasteiger partial charge is 0.276 e. The molecule has 7 heteroatoms. The van der Waals surface area contributed by atoms with Gasteiger partial charge >= 0.3 is 0 Å². The lowest BCUT2D eigenvalue weighted by Gasteiger charge is -2.29. The van der Waals surface area contributed by atoms with Crippen LogP contribution in [0, 0.1) is 5.92 Å². The number of piperidine rings is 1. The van der Waals surface area contributed by atoms with Gasteiger partial charge in [0.2, 0.25) is 5.16 Å². The molecule has 1 fully saturated rings. The fraction of sp³-hybridized carbons (Fsp3) is 0.700. The molecule has 0 spiro atoms. The van der Waals surface area contributed by atoms with Crippen LogP contribution < -0.4 is 0 Å². The highest BCUT2D eigenvalue weighted by Gasteiger charge is 2.31. The monoisotopic (exact) mass is 261 g/mol. The number of imidazole rings is 1. The molecule has 1 aliphatic heterocycles. The summed E-state index contributed by atoms with van der Waals surface area (Å²) in [5, 5.41) is 0.0520. The summed E-state index contributed by atoms with van der Waals surface area (Å²) in [5.41, 5.74) is 0. The third-order valence-electron chi connectivity index (χ3n) is 3.14. The van der Waals surface area contributed by atoms with Gasteiger partial charge in [0.05, 0.1) is 6.67 Å². The van der Waals surface area contributed by atoms with Crippen LogP contribution in [0.1, 0.15) is 12.8 Å². The normalized spacial score (nSPS) is 19.6. The summed E-state index contributed by atoms with van der Waals surface area (Å²) in [6, 6.07) is 0. The standard InChI is InChI=1S/C10H16FN3O2S/c1-13-7-4-12-10(13)17(15,16)14-5-2-9(8-11)3-6-14/h4,7,9H,2-3,5-6,8H2,1H3. The summed E-state index contributed by atoms with van der Waals surface area (Å²) >= 11 is 0. The lowest BCUT2D eigenvalue weighted by atomic mass is 10.0. The van der Waals surface area contributed by atoms with Crippen molar-refractivity contribution in [3.63, 3.8) is 0 Å². The molecular formula is C10H16FN3O2S. The van der Waals surface area contributed by atoms with Crippen molar-refractivity contribution < 1.29 is 12.8 Å². The minimum atomic E-state index is -3.52. The third kappa shape index (κ3) is 2.35. The van der Waals surface area contributed by atoms with Gasteiger partial charge in [-0.3, -0.25) is 4.39 Å². The molecule has 0 saturated carbocycles. The van der Waals surface area contributed by atoms with Crippen molar-refractivity contribution in [1.82, 2.24) is 13.9 Å². The molecule has 1 saturated heterocycles. The molecule has 1 aromatic heterocycles. The van der Waals surface area contributed by atoms with E-state index in [1.54, 1.807) is 13.2 Å². The molecular weight excluding hydrogens is 245 g/mol. The number of sulfonamides is 1. The van der Waals surface area contributed by atoms with E-state index in [1.165, 1.54) is 15.1 Å². The van der Waals surface area contributed by atoms with Crippen LogP contribution in [0.15, 0.2) is 17.6 Å². The van der Waals surface area contributed by atoms with Gasteiger partial charge < -0.3 is 4.57 Å². The first-order chi connectivity index (χ1) is 8.05. The van der Waals surface area contributed by atoms with Crippen LogP contribution in [0.4, 0.5) is 4.39 Å². The van der Waals surface area contributed by atoms with Gasteiger partial charge in [-0.2, -0.15) is 4.31 Å². The van der Waals surface area contributed by atoms with Crippen molar-refractivity contribution in [3.05, 3.63) is 12.4 Å². The first-order valence-corrected chi connectivity index (χ1v) is 7.03. The molecule has 2 heterocycles. The minimum Gasteiger partial charge on any atom is -0.324 e. The summed E-state index contributed by atoms with van der Waals surface area (Å²) in [6.07, 6.45) is 4.22. The summed E-state index contributed by atoms with van der Waals surface area (Å²) in [5.74, 6) is 0.00261. The van der Waals surface area contributed by atoms with Gasteiger partial charge in [0.25, 0.3) is 10.0 Å². The predicted molar refractivity (Wildman–Crippen MR) is 60.7 cm³/mol. The molecule has 0 unspecified atom stereocenters. The molecule has 17 heavy (non-hydrogen) atoms. The van der Waals surface area contributed by atoms with Gasteiger partial charge in [0, 0.05) is 32.5 Å². The molecule has 0 aromatic carbocycles. The van der Waals surface area contributed by atoms with E-state index in [-0.39, 0.29) is 17.7 Å². The minimum absolute atomic E-state index is 0.00261. The largest absolute Gasteiger partial charge is 0.324 e. The Morgan fingerprint density at radius 2 is 2.12 bits per heavy atom. The summed E-state index contributed by atoms with van der Waals surface area (Å²) in [4.78, 5) is 3.86. The van der Waals surface area contributed by atoms with Crippen molar-refractivity contribution in [2.45, 2.75) is 18.0 Å². The van der Waals surface area contributed by atoms with Crippen molar-refractivity contribution >= 4 is 10.0 Å². The maximum Gasteiger partial charge on any atom is 0.276 e. The molecule has 1 aromatic rings. The molecule has 0 aliphatic carbocycles. The molecule has 0 bridgehead atoms. The molecule has 96 valence electrons. The summed E-state index contributed by atoms with van der Waals surface area (Å²) < 4.78 is 39.8. The predicted octanol–water partition coefficient (Wildman–Crippen LogP) is 0.790. The Morgan fingerprint density at radius 1 is 1.47 bits per heavy atom. The van der Waals surface area contributed by atoms with Crippen molar-refractivity contribution in [2.75, 3.05) is 19.8 Å². The van der Waals surface area contributed by atoms with E-state index < -0.39 is 10.0 Å². The van der Waals surface area contributed by atoms with Crippen LogP contribution >= 0.6 is 0 Å². The molecule has 0 radical (unpaired) electrons. The zero-order chi connectivity index (χ0) is 12.5. The number of aryl methyl sites for hydroxylation is 1. The van der Waals surface area contributed by atoms with E-state index in [0.29, 0.717) is 25.9 Å². The van der Waals surface area contributed by atoms with Crippen molar-refractivity contribution in [2.24, 2.45) is 13.0 Å². The van der Waals surface area contributed by atoms with Gasteiger partial charge in [-0.05, 0) is 18.8 Å². The highest BCUT2D eigenvalue weighted by atomic mass is 32.2. The van der Waals surface area contributed by atoms with E-state index in [9.17, 15) is 12.8 Å².